The molecule has 7 heteroatoms. The molecule has 0 aliphatic rings. The lowest BCUT2D eigenvalue weighted by atomic mass is 10.1. The van der Waals surface area contributed by atoms with Gasteiger partial charge in [-0.15, -0.1) is 0 Å². The van der Waals surface area contributed by atoms with Gasteiger partial charge in [-0.05, 0) is 62.7 Å². The molecule has 1 amide bonds. The zero-order chi connectivity index (χ0) is 19.5. The van der Waals surface area contributed by atoms with Gasteiger partial charge in [0.25, 0.3) is 0 Å². The molecule has 140 valence electrons. The Kier molecular flexibility index (Phi) is 6.01. The van der Waals surface area contributed by atoms with Gasteiger partial charge in [0.15, 0.2) is 0 Å². The molecule has 0 saturated carbocycles. The lowest BCUT2D eigenvalue weighted by Crippen LogP contribution is -2.36. The lowest BCUT2D eigenvalue weighted by Gasteiger charge is -2.27. The number of rotatable bonds is 3. The maximum absolute atomic E-state index is 12.7. The van der Waals surface area contributed by atoms with E-state index in [-0.39, 0.29) is 6.54 Å². The Morgan fingerprint density at radius 3 is 2.00 bits per heavy atom. The number of anilines is 1. The highest BCUT2D eigenvalue weighted by molar-refractivity contribution is 9.10. The van der Waals surface area contributed by atoms with E-state index in [1.54, 1.807) is 45.0 Å². The molecule has 3 nitrogen and oxygen atoms in total. The van der Waals surface area contributed by atoms with E-state index in [9.17, 15) is 18.0 Å². The van der Waals surface area contributed by atoms with Crippen LogP contribution >= 0.6 is 15.9 Å². The molecule has 2 rings (SSSR count). The van der Waals surface area contributed by atoms with Gasteiger partial charge < -0.3 is 4.74 Å². The van der Waals surface area contributed by atoms with Crippen LogP contribution in [-0.4, -0.2) is 11.7 Å². The van der Waals surface area contributed by atoms with Crippen LogP contribution in [0.25, 0.3) is 0 Å². The van der Waals surface area contributed by atoms with Gasteiger partial charge in [0.05, 0.1) is 12.1 Å². The number of carbonyl (C=O) groups excluding carboxylic acids is 1. The summed E-state index contributed by atoms with van der Waals surface area (Å²) in [4.78, 5) is 14.0. The van der Waals surface area contributed by atoms with Crippen LogP contribution in [-0.2, 0) is 17.5 Å². The standard InChI is InChI=1S/C19H19BrF3NO2/c1-18(2,3)26-17(25)24(16-10-8-15(20)9-11-16)12-13-4-6-14(7-5-13)19(21,22)23/h4-11H,12H2,1-3H3. The van der Waals surface area contributed by atoms with Gasteiger partial charge in [-0.25, -0.2) is 4.79 Å². The fourth-order valence-corrected chi connectivity index (χ4v) is 2.45. The van der Waals surface area contributed by atoms with Crippen molar-refractivity contribution in [3.63, 3.8) is 0 Å². The van der Waals surface area contributed by atoms with Crippen molar-refractivity contribution >= 4 is 27.7 Å². The third-order valence-corrected chi connectivity index (χ3v) is 3.90. The van der Waals surface area contributed by atoms with Crippen molar-refractivity contribution in [2.45, 2.75) is 39.1 Å². The second kappa shape index (κ2) is 7.70. The predicted molar refractivity (Wildman–Crippen MR) is 98.0 cm³/mol. The first-order chi connectivity index (χ1) is 12.0. The molecule has 0 bridgehead atoms. The molecule has 2 aromatic carbocycles. The number of carbonyl (C=O) groups is 1. The Hall–Kier alpha value is -2.02. The molecular formula is C19H19BrF3NO2. The molecular weight excluding hydrogens is 411 g/mol. The highest BCUT2D eigenvalue weighted by Crippen LogP contribution is 2.30. The molecule has 0 unspecified atom stereocenters. The molecule has 0 radical (unpaired) electrons. The van der Waals surface area contributed by atoms with Crippen LogP contribution in [0.4, 0.5) is 23.7 Å². The quantitative estimate of drug-likeness (QED) is 0.563. The Bertz CT molecular complexity index is 750. The second-order valence-electron chi connectivity index (χ2n) is 6.74. The highest BCUT2D eigenvalue weighted by atomic mass is 79.9. The Morgan fingerprint density at radius 1 is 1.00 bits per heavy atom. The van der Waals surface area contributed by atoms with Crippen LogP contribution in [0.2, 0.25) is 0 Å². The van der Waals surface area contributed by atoms with Gasteiger partial charge in [-0.2, -0.15) is 13.2 Å². The van der Waals surface area contributed by atoms with Crippen LogP contribution in [0, 0.1) is 0 Å². The van der Waals surface area contributed by atoms with Crippen molar-refractivity contribution < 1.29 is 22.7 Å². The first-order valence-corrected chi connectivity index (χ1v) is 8.67. The van der Waals surface area contributed by atoms with Crippen LogP contribution in [0.15, 0.2) is 53.0 Å². The van der Waals surface area contributed by atoms with Gasteiger partial charge in [0.1, 0.15) is 5.60 Å². The predicted octanol–water partition coefficient (Wildman–Crippen LogP) is 6.41. The molecule has 0 N–H and O–H groups in total. The van der Waals surface area contributed by atoms with Crippen LogP contribution in [0.1, 0.15) is 31.9 Å². The Morgan fingerprint density at radius 2 is 1.54 bits per heavy atom. The molecule has 26 heavy (non-hydrogen) atoms. The molecule has 2 aromatic rings. The number of benzene rings is 2. The number of hydrogen-bond acceptors (Lipinski definition) is 2. The molecule has 0 atom stereocenters. The SMILES string of the molecule is CC(C)(C)OC(=O)N(Cc1ccc(C(F)(F)F)cc1)c1ccc(Br)cc1. The minimum Gasteiger partial charge on any atom is -0.443 e. The molecule has 0 aliphatic heterocycles. The third kappa shape index (κ3) is 5.76. The number of hydrogen-bond donors (Lipinski definition) is 0. The van der Waals surface area contributed by atoms with Crippen molar-refractivity contribution in [3.8, 4) is 0 Å². The van der Waals surface area contributed by atoms with E-state index < -0.39 is 23.4 Å². The monoisotopic (exact) mass is 429 g/mol. The van der Waals surface area contributed by atoms with Gasteiger partial charge in [0.2, 0.25) is 0 Å². The smallest absolute Gasteiger partial charge is 0.416 e. The van der Waals surface area contributed by atoms with E-state index in [0.29, 0.717) is 11.3 Å². The molecule has 0 saturated heterocycles. The second-order valence-corrected chi connectivity index (χ2v) is 7.65. The maximum atomic E-state index is 12.7. The van der Waals surface area contributed by atoms with E-state index in [0.717, 1.165) is 16.6 Å². The van der Waals surface area contributed by atoms with E-state index in [1.165, 1.54) is 17.0 Å². The normalized spacial score (nSPS) is 12.0. The summed E-state index contributed by atoms with van der Waals surface area (Å²) in [7, 11) is 0. The highest BCUT2D eigenvalue weighted by Gasteiger charge is 2.30. The fourth-order valence-electron chi connectivity index (χ4n) is 2.18. The van der Waals surface area contributed by atoms with Crippen molar-refractivity contribution in [1.29, 1.82) is 0 Å². The van der Waals surface area contributed by atoms with E-state index in [1.807, 2.05) is 0 Å². The summed E-state index contributed by atoms with van der Waals surface area (Å²) in [5, 5.41) is 0. The summed E-state index contributed by atoms with van der Waals surface area (Å²) in [6, 6.07) is 11.8. The van der Waals surface area contributed by atoms with Gasteiger partial charge >= 0.3 is 12.3 Å². The van der Waals surface area contributed by atoms with Crippen LogP contribution in [0.3, 0.4) is 0 Å². The molecule has 0 fully saturated rings. The molecule has 0 spiro atoms. The van der Waals surface area contributed by atoms with Crippen LogP contribution in [0.5, 0.6) is 0 Å². The van der Waals surface area contributed by atoms with Gasteiger partial charge in [-0.1, -0.05) is 28.1 Å². The Balaban J connectivity index is 2.29. The summed E-state index contributed by atoms with van der Waals surface area (Å²) in [5.74, 6) is 0. The minimum absolute atomic E-state index is 0.0919. The summed E-state index contributed by atoms with van der Waals surface area (Å²) in [5.41, 5.74) is -0.270. The minimum atomic E-state index is -4.39. The van der Waals surface area contributed by atoms with Crippen molar-refractivity contribution in [2.24, 2.45) is 0 Å². The first-order valence-electron chi connectivity index (χ1n) is 7.88. The Labute approximate surface area is 158 Å². The number of amides is 1. The summed E-state index contributed by atoms with van der Waals surface area (Å²) >= 11 is 3.33. The lowest BCUT2D eigenvalue weighted by molar-refractivity contribution is -0.137. The van der Waals surface area contributed by atoms with Gasteiger partial charge in [-0.3, -0.25) is 4.90 Å². The summed E-state index contributed by atoms with van der Waals surface area (Å²) < 4.78 is 44.4. The number of nitrogens with zero attached hydrogens (tertiary/aromatic N) is 1. The van der Waals surface area contributed by atoms with Crippen molar-refractivity contribution in [2.75, 3.05) is 4.90 Å². The topological polar surface area (TPSA) is 29.5 Å². The summed E-state index contributed by atoms with van der Waals surface area (Å²) in [6.07, 6.45) is -4.96. The number of alkyl halides is 3. The number of halogens is 4. The van der Waals surface area contributed by atoms with Crippen LogP contribution < -0.4 is 4.90 Å². The van der Waals surface area contributed by atoms with Crippen molar-refractivity contribution in [1.82, 2.24) is 0 Å². The van der Waals surface area contributed by atoms with E-state index >= 15 is 0 Å². The third-order valence-electron chi connectivity index (χ3n) is 3.37. The molecule has 0 heterocycles. The zero-order valence-electron chi connectivity index (χ0n) is 14.6. The fraction of sp³-hybridized carbons (Fsp3) is 0.316. The molecule has 0 aliphatic carbocycles. The van der Waals surface area contributed by atoms with E-state index in [4.69, 9.17) is 4.74 Å². The average molecular weight is 430 g/mol. The summed E-state index contributed by atoms with van der Waals surface area (Å²) in [6.45, 7) is 5.35. The zero-order valence-corrected chi connectivity index (χ0v) is 16.2. The number of ether oxygens (including phenoxy) is 1. The van der Waals surface area contributed by atoms with Crippen molar-refractivity contribution in [3.05, 3.63) is 64.1 Å². The first kappa shape index (κ1) is 20.3. The maximum Gasteiger partial charge on any atom is 0.416 e. The molecule has 0 aromatic heterocycles. The van der Waals surface area contributed by atoms with Gasteiger partial charge in [0, 0.05) is 10.2 Å². The van der Waals surface area contributed by atoms with E-state index in [2.05, 4.69) is 15.9 Å². The average Bonchev–Trinajstić information content (AvgIpc) is 2.51. The largest absolute Gasteiger partial charge is 0.443 e.